The number of fused-ring (bicyclic) bond motifs is 1. The summed E-state index contributed by atoms with van der Waals surface area (Å²) in [5.41, 5.74) is 3.73. The van der Waals surface area contributed by atoms with Gasteiger partial charge in [-0.05, 0) is 45.3 Å². The molecule has 1 N–H and O–H groups in total. The van der Waals surface area contributed by atoms with Crippen LogP contribution >= 0.6 is 15.9 Å². The Balaban J connectivity index is 1.73. The third-order valence-corrected chi connectivity index (χ3v) is 5.60. The molecule has 1 aromatic heterocycles. The van der Waals surface area contributed by atoms with E-state index in [0.717, 1.165) is 29.7 Å². The number of rotatable bonds is 3. The maximum absolute atomic E-state index is 9.97. The van der Waals surface area contributed by atoms with Crippen LogP contribution < -0.4 is 0 Å². The van der Waals surface area contributed by atoms with Gasteiger partial charge in [0.15, 0.2) is 0 Å². The van der Waals surface area contributed by atoms with Crippen molar-refractivity contribution in [2.75, 3.05) is 6.54 Å². The lowest BCUT2D eigenvalue weighted by Crippen LogP contribution is -2.38. The minimum atomic E-state index is 0.226. The molecule has 0 saturated heterocycles. The highest BCUT2D eigenvalue weighted by atomic mass is 79.9. The summed E-state index contributed by atoms with van der Waals surface area (Å²) in [6.45, 7) is 2.76. The van der Waals surface area contributed by atoms with Crippen LogP contribution in [0, 0.1) is 0 Å². The van der Waals surface area contributed by atoms with Gasteiger partial charge in [-0.25, -0.2) is 0 Å². The van der Waals surface area contributed by atoms with Crippen molar-refractivity contribution in [3.63, 3.8) is 0 Å². The highest BCUT2D eigenvalue weighted by Gasteiger charge is 2.29. The van der Waals surface area contributed by atoms with Gasteiger partial charge >= 0.3 is 0 Å². The van der Waals surface area contributed by atoms with Gasteiger partial charge in [0, 0.05) is 31.5 Å². The summed E-state index contributed by atoms with van der Waals surface area (Å²) in [7, 11) is 0. The second-order valence-corrected chi connectivity index (χ2v) is 6.95. The molecule has 1 unspecified atom stereocenters. The van der Waals surface area contributed by atoms with Crippen LogP contribution in [0.15, 0.2) is 71.3 Å². The third-order valence-electron chi connectivity index (χ3n) is 4.69. The van der Waals surface area contributed by atoms with Gasteiger partial charge in [0.05, 0.1) is 10.5 Å². The Labute approximate surface area is 150 Å². The number of hydrogen-bond acceptors (Lipinski definition) is 2. The Bertz CT molecular complexity index is 844. The molecule has 1 atom stereocenters. The van der Waals surface area contributed by atoms with E-state index in [9.17, 15) is 5.11 Å². The minimum absolute atomic E-state index is 0.226. The van der Waals surface area contributed by atoms with Crippen LogP contribution in [0.1, 0.15) is 22.9 Å². The Morgan fingerprint density at radius 1 is 0.958 bits per heavy atom. The summed E-state index contributed by atoms with van der Waals surface area (Å²) in [6.07, 6.45) is 2.16. The van der Waals surface area contributed by atoms with Crippen LogP contribution in [0.2, 0.25) is 0 Å². The maximum atomic E-state index is 9.97. The van der Waals surface area contributed by atoms with Gasteiger partial charge in [-0.3, -0.25) is 4.90 Å². The number of phenolic OH excluding ortho intramolecular Hbond substituents is 1. The largest absolute Gasteiger partial charge is 0.507 e. The topological polar surface area (TPSA) is 28.4 Å². The van der Waals surface area contributed by atoms with E-state index in [4.69, 9.17) is 0 Å². The van der Waals surface area contributed by atoms with Crippen LogP contribution in [-0.2, 0) is 13.1 Å². The summed E-state index contributed by atoms with van der Waals surface area (Å²) in [5, 5.41) is 9.97. The lowest BCUT2D eigenvalue weighted by Gasteiger charge is -2.37. The lowest BCUT2D eigenvalue weighted by molar-refractivity contribution is 0.174. The van der Waals surface area contributed by atoms with Crippen LogP contribution in [0.5, 0.6) is 5.75 Å². The number of hydrogen-bond donors (Lipinski definition) is 1. The first-order valence-corrected chi connectivity index (χ1v) is 8.94. The van der Waals surface area contributed by atoms with Crippen molar-refractivity contribution in [2.45, 2.75) is 19.1 Å². The number of nitrogens with zero attached hydrogens (tertiary/aromatic N) is 2. The Hall–Kier alpha value is -2.04. The number of phenols is 1. The summed E-state index contributed by atoms with van der Waals surface area (Å²) in [5.74, 6) is 0.296. The summed E-state index contributed by atoms with van der Waals surface area (Å²) in [6, 6.07) is 20.9. The quantitative estimate of drug-likeness (QED) is 0.718. The fourth-order valence-electron chi connectivity index (χ4n) is 3.53. The fraction of sp³-hybridized carbons (Fsp3) is 0.200. The van der Waals surface area contributed by atoms with Crippen LogP contribution in [0.4, 0.5) is 0 Å². The van der Waals surface area contributed by atoms with Crippen molar-refractivity contribution in [1.82, 2.24) is 9.47 Å². The summed E-state index contributed by atoms with van der Waals surface area (Å²) < 4.78 is 3.13. The Morgan fingerprint density at radius 2 is 1.79 bits per heavy atom. The standard InChI is InChI=1S/C20H19BrN2O/c21-19-16(8-4-10-18(19)24)14-23-13-12-22-11-5-9-17(22)20(23)15-6-2-1-3-7-15/h1-11,20,24H,12-14H2. The molecule has 0 bridgehead atoms. The molecule has 2 heterocycles. The Morgan fingerprint density at radius 3 is 2.62 bits per heavy atom. The summed E-state index contributed by atoms with van der Waals surface area (Å²) in [4.78, 5) is 2.48. The predicted octanol–water partition coefficient (Wildman–Crippen LogP) is 4.56. The first-order valence-electron chi connectivity index (χ1n) is 8.14. The van der Waals surface area contributed by atoms with E-state index in [1.54, 1.807) is 6.07 Å². The predicted molar refractivity (Wildman–Crippen MR) is 98.9 cm³/mol. The van der Waals surface area contributed by atoms with Gasteiger partial charge in [-0.15, -0.1) is 0 Å². The molecule has 4 rings (SSSR count). The number of aromatic hydroxyl groups is 1. The zero-order valence-corrected chi connectivity index (χ0v) is 14.9. The third kappa shape index (κ3) is 2.76. The average molecular weight is 383 g/mol. The van der Waals surface area contributed by atoms with Crippen LogP contribution in [0.3, 0.4) is 0 Å². The summed E-state index contributed by atoms with van der Waals surface area (Å²) >= 11 is 3.53. The normalized spacial score (nSPS) is 17.6. The first-order chi connectivity index (χ1) is 11.7. The van der Waals surface area contributed by atoms with Gasteiger partial charge in [-0.2, -0.15) is 0 Å². The number of benzene rings is 2. The van der Waals surface area contributed by atoms with Gasteiger partial charge in [0.1, 0.15) is 5.75 Å². The van der Waals surface area contributed by atoms with E-state index >= 15 is 0 Å². The van der Waals surface area contributed by atoms with E-state index in [-0.39, 0.29) is 6.04 Å². The zero-order chi connectivity index (χ0) is 16.5. The highest BCUT2D eigenvalue weighted by molar-refractivity contribution is 9.10. The number of aromatic nitrogens is 1. The fourth-order valence-corrected chi connectivity index (χ4v) is 3.92. The van der Waals surface area contributed by atoms with E-state index in [2.05, 4.69) is 80.1 Å². The molecule has 0 aliphatic carbocycles. The van der Waals surface area contributed by atoms with Gasteiger partial charge in [0.2, 0.25) is 0 Å². The number of halogens is 1. The molecule has 1 aliphatic heterocycles. The van der Waals surface area contributed by atoms with E-state index in [1.165, 1.54) is 11.3 Å². The SMILES string of the molecule is Oc1cccc(CN2CCn3cccc3C2c2ccccc2)c1Br. The molecule has 3 nitrogen and oxygen atoms in total. The van der Waals surface area contributed by atoms with E-state index in [0.29, 0.717) is 5.75 Å². The first kappa shape index (κ1) is 15.5. The average Bonchev–Trinajstić information content (AvgIpc) is 3.08. The van der Waals surface area contributed by atoms with Crippen molar-refractivity contribution in [1.29, 1.82) is 0 Å². The molecule has 0 saturated carbocycles. The van der Waals surface area contributed by atoms with Crippen LogP contribution in [-0.4, -0.2) is 21.1 Å². The Kier molecular flexibility index (Phi) is 4.17. The second-order valence-electron chi connectivity index (χ2n) is 6.16. The van der Waals surface area contributed by atoms with Crippen molar-refractivity contribution in [3.8, 4) is 5.75 Å². The van der Waals surface area contributed by atoms with Crippen molar-refractivity contribution in [2.24, 2.45) is 0 Å². The smallest absolute Gasteiger partial charge is 0.130 e. The van der Waals surface area contributed by atoms with Crippen molar-refractivity contribution in [3.05, 3.63) is 88.2 Å². The monoisotopic (exact) mass is 382 g/mol. The molecule has 1 aliphatic rings. The molecule has 0 fully saturated rings. The molecular weight excluding hydrogens is 364 g/mol. The van der Waals surface area contributed by atoms with E-state index in [1.807, 2.05) is 6.07 Å². The molecule has 122 valence electrons. The highest BCUT2D eigenvalue weighted by Crippen LogP contribution is 2.35. The van der Waals surface area contributed by atoms with Crippen molar-refractivity contribution >= 4 is 15.9 Å². The molecule has 0 amide bonds. The van der Waals surface area contributed by atoms with E-state index < -0.39 is 0 Å². The second kappa shape index (κ2) is 6.46. The van der Waals surface area contributed by atoms with Gasteiger partial charge in [-0.1, -0.05) is 42.5 Å². The zero-order valence-electron chi connectivity index (χ0n) is 13.3. The van der Waals surface area contributed by atoms with Crippen LogP contribution in [0.25, 0.3) is 0 Å². The maximum Gasteiger partial charge on any atom is 0.130 e. The molecular formula is C20H19BrN2O. The molecule has 4 heteroatoms. The molecule has 2 aromatic carbocycles. The molecule has 3 aromatic rings. The lowest BCUT2D eigenvalue weighted by atomic mass is 9.99. The molecule has 0 radical (unpaired) electrons. The van der Waals surface area contributed by atoms with Gasteiger partial charge in [0.25, 0.3) is 0 Å². The molecule has 0 spiro atoms. The minimum Gasteiger partial charge on any atom is -0.507 e. The van der Waals surface area contributed by atoms with Crippen molar-refractivity contribution < 1.29 is 5.11 Å². The molecule has 24 heavy (non-hydrogen) atoms. The van der Waals surface area contributed by atoms with Gasteiger partial charge < -0.3 is 9.67 Å².